The Hall–Kier alpha value is -0.780. The van der Waals surface area contributed by atoms with Crippen LogP contribution in [0, 0.1) is 0 Å². The van der Waals surface area contributed by atoms with Gasteiger partial charge >= 0.3 is 0 Å². The molecule has 0 heterocycles. The standard InChI is InChI=1S/C15H24/c1-5-9-15-13(7-3)10-12(6-2)11-14(15)8-4/h10-11H,5-9H2,1-4H3. The molecule has 1 aromatic carbocycles. The zero-order chi connectivity index (χ0) is 11.3. The molecular formula is C15H24. The van der Waals surface area contributed by atoms with E-state index in [1.54, 1.807) is 16.7 Å². The summed E-state index contributed by atoms with van der Waals surface area (Å²) in [6, 6.07) is 4.81. The second kappa shape index (κ2) is 5.95. The van der Waals surface area contributed by atoms with Gasteiger partial charge in [-0.25, -0.2) is 0 Å². The summed E-state index contributed by atoms with van der Waals surface area (Å²) in [6.07, 6.45) is 6.01. The Labute approximate surface area is 94.7 Å². The van der Waals surface area contributed by atoms with Crippen LogP contribution in [0.25, 0.3) is 0 Å². The second-order valence-corrected chi connectivity index (χ2v) is 4.20. The first-order valence-electron chi connectivity index (χ1n) is 6.40. The van der Waals surface area contributed by atoms with E-state index in [1.807, 2.05) is 0 Å². The summed E-state index contributed by atoms with van der Waals surface area (Å²) in [5.74, 6) is 0. The van der Waals surface area contributed by atoms with Crippen LogP contribution >= 0.6 is 0 Å². The van der Waals surface area contributed by atoms with Crippen LogP contribution in [-0.2, 0) is 25.7 Å². The molecule has 0 amide bonds. The lowest BCUT2D eigenvalue weighted by Gasteiger charge is -2.14. The lowest BCUT2D eigenvalue weighted by atomic mass is 9.91. The van der Waals surface area contributed by atoms with Crippen molar-refractivity contribution in [3.05, 3.63) is 34.4 Å². The summed E-state index contributed by atoms with van der Waals surface area (Å²) < 4.78 is 0. The summed E-state index contributed by atoms with van der Waals surface area (Å²) in [5, 5.41) is 0. The highest BCUT2D eigenvalue weighted by Gasteiger charge is 2.07. The zero-order valence-electron chi connectivity index (χ0n) is 10.7. The molecule has 15 heavy (non-hydrogen) atoms. The van der Waals surface area contributed by atoms with E-state index in [0.717, 1.165) is 6.42 Å². The van der Waals surface area contributed by atoms with Gasteiger partial charge in [0, 0.05) is 0 Å². The van der Waals surface area contributed by atoms with Crippen molar-refractivity contribution >= 4 is 0 Å². The molecule has 0 saturated carbocycles. The molecule has 0 aliphatic carbocycles. The Balaban J connectivity index is 3.19. The van der Waals surface area contributed by atoms with Crippen LogP contribution in [0.5, 0.6) is 0 Å². The molecule has 0 aliphatic heterocycles. The molecule has 0 nitrogen and oxygen atoms in total. The molecule has 0 saturated heterocycles. The van der Waals surface area contributed by atoms with Gasteiger partial charge in [-0.05, 0) is 47.9 Å². The number of aryl methyl sites for hydroxylation is 3. The minimum atomic E-state index is 1.16. The number of benzene rings is 1. The van der Waals surface area contributed by atoms with E-state index in [-0.39, 0.29) is 0 Å². The van der Waals surface area contributed by atoms with Crippen LogP contribution in [0.15, 0.2) is 12.1 Å². The predicted octanol–water partition coefficient (Wildman–Crippen LogP) is 4.33. The number of hydrogen-bond donors (Lipinski definition) is 0. The average molecular weight is 204 g/mol. The highest BCUT2D eigenvalue weighted by molar-refractivity contribution is 5.39. The topological polar surface area (TPSA) is 0 Å². The van der Waals surface area contributed by atoms with Crippen molar-refractivity contribution in [3.63, 3.8) is 0 Å². The minimum Gasteiger partial charge on any atom is -0.0651 e. The summed E-state index contributed by atoms with van der Waals surface area (Å²) in [4.78, 5) is 0. The fourth-order valence-electron chi connectivity index (χ4n) is 2.28. The van der Waals surface area contributed by atoms with E-state index in [2.05, 4.69) is 39.8 Å². The van der Waals surface area contributed by atoms with Crippen LogP contribution in [0.4, 0.5) is 0 Å². The highest BCUT2D eigenvalue weighted by atomic mass is 14.1. The summed E-state index contributed by atoms with van der Waals surface area (Å²) in [6.45, 7) is 9.06. The van der Waals surface area contributed by atoms with Crippen LogP contribution in [0.1, 0.15) is 56.4 Å². The van der Waals surface area contributed by atoms with Gasteiger partial charge in [0.05, 0.1) is 0 Å². The van der Waals surface area contributed by atoms with Crippen LogP contribution in [0.2, 0.25) is 0 Å². The molecule has 0 fully saturated rings. The van der Waals surface area contributed by atoms with Gasteiger partial charge in [-0.3, -0.25) is 0 Å². The van der Waals surface area contributed by atoms with Gasteiger partial charge in [-0.1, -0.05) is 46.2 Å². The second-order valence-electron chi connectivity index (χ2n) is 4.20. The molecule has 0 bridgehead atoms. The Kier molecular flexibility index (Phi) is 4.87. The van der Waals surface area contributed by atoms with Crippen molar-refractivity contribution < 1.29 is 0 Å². The van der Waals surface area contributed by atoms with E-state index in [1.165, 1.54) is 31.2 Å². The smallest absolute Gasteiger partial charge is 0.0276 e. The quantitative estimate of drug-likeness (QED) is 0.670. The summed E-state index contributed by atoms with van der Waals surface area (Å²) in [5.41, 5.74) is 6.28. The molecule has 0 radical (unpaired) electrons. The molecule has 0 spiro atoms. The first-order chi connectivity index (χ1) is 7.26. The monoisotopic (exact) mass is 204 g/mol. The van der Waals surface area contributed by atoms with Crippen molar-refractivity contribution in [1.29, 1.82) is 0 Å². The van der Waals surface area contributed by atoms with Crippen LogP contribution in [0.3, 0.4) is 0 Å². The molecule has 84 valence electrons. The normalized spacial score (nSPS) is 10.7. The summed E-state index contributed by atoms with van der Waals surface area (Å²) >= 11 is 0. The SMILES string of the molecule is CCCc1c(CC)cc(CC)cc1CC. The van der Waals surface area contributed by atoms with E-state index in [9.17, 15) is 0 Å². The van der Waals surface area contributed by atoms with Gasteiger partial charge in [-0.2, -0.15) is 0 Å². The lowest BCUT2D eigenvalue weighted by molar-refractivity contribution is 0.871. The highest BCUT2D eigenvalue weighted by Crippen LogP contribution is 2.21. The van der Waals surface area contributed by atoms with Crippen molar-refractivity contribution in [2.75, 3.05) is 0 Å². The molecule has 0 aliphatic rings. The molecule has 0 heteroatoms. The van der Waals surface area contributed by atoms with Crippen LogP contribution in [-0.4, -0.2) is 0 Å². The van der Waals surface area contributed by atoms with Gasteiger partial charge in [0.1, 0.15) is 0 Å². The Morgan fingerprint density at radius 3 is 1.67 bits per heavy atom. The fourth-order valence-corrected chi connectivity index (χ4v) is 2.28. The summed E-state index contributed by atoms with van der Waals surface area (Å²) in [7, 11) is 0. The molecule has 0 unspecified atom stereocenters. The van der Waals surface area contributed by atoms with Crippen molar-refractivity contribution in [1.82, 2.24) is 0 Å². The van der Waals surface area contributed by atoms with Crippen molar-refractivity contribution in [3.8, 4) is 0 Å². The van der Waals surface area contributed by atoms with Crippen LogP contribution < -0.4 is 0 Å². The minimum absolute atomic E-state index is 1.16. The third-order valence-corrected chi connectivity index (χ3v) is 3.16. The van der Waals surface area contributed by atoms with Gasteiger partial charge in [0.25, 0.3) is 0 Å². The Morgan fingerprint density at radius 1 is 0.800 bits per heavy atom. The van der Waals surface area contributed by atoms with E-state index in [4.69, 9.17) is 0 Å². The van der Waals surface area contributed by atoms with Gasteiger partial charge in [-0.15, -0.1) is 0 Å². The molecule has 0 N–H and O–H groups in total. The third-order valence-electron chi connectivity index (χ3n) is 3.16. The van der Waals surface area contributed by atoms with E-state index < -0.39 is 0 Å². The van der Waals surface area contributed by atoms with Crippen molar-refractivity contribution in [2.24, 2.45) is 0 Å². The largest absolute Gasteiger partial charge is 0.0651 e. The molecule has 0 aromatic heterocycles. The number of rotatable bonds is 5. The first-order valence-corrected chi connectivity index (χ1v) is 6.40. The van der Waals surface area contributed by atoms with Gasteiger partial charge < -0.3 is 0 Å². The zero-order valence-corrected chi connectivity index (χ0v) is 10.7. The molecule has 1 aromatic rings. The van der Waals surface area contributed by atoms with Gasteiger partial charge in [0.2, 0.25) is 0 Å². The third kappa shape index (κ3) is 2.84. The van der Waals surface area contributed by atoms with Gasteiger partial charge in [0.15, 0.2) is 0 Å². The predicted molar refractivity (Wildman–Crippen MR) is 68.6 cm³/mol. The molecular weight excluding hydrogens is 180 g/mol. The number of hydrogen-bond acceptors (Lipinski definition) is 0. The first kappa shape index (κ1) is 12.3. The maximum Gasteiger partial charge on any atom is -0.0276 e. The molecule has 0 atom stereocenters. The fraction of sp³-hybridized carbons (Fsp3) is 0.600. The maximum atomic E-state index is 2.41. The average Bonchev–Trinajstić information content (AvgIpc) is 2.29. The Bertz CT molecular complexity index is 285. The maximum absolute atomic E-state index is 2.41. The van der Waals surface area contributed by atoms with Crippen molar-refractivity contribution in [2.45, 2.75) is 59.8 Å². The molecule has 1 rings (SSSR count). The van der Waals surface area contributed by atoms with E-state index in [0.29, 0.717) is 0 Å². The Morgan fingerprint density at radius 2 is 1.33 bits per heavy atom. The lowest BCUT2D eigenvalue weighted by Crippen LogP contribution is -2.01. The van der Waals surface area contributed by atoms with E-state index >= 15 is 0 Å².